The highest BCUT2D eigenvalue weighted by Gasteiger charge is 2.20. The third-order valence-corrected chi connectivity index (χ3v) is 6.68. The first-order chi connectivity index (χ1) is 17.6. The van der Waals surface area contributed by atoms with E-state index in [0.717, 1.165) is 26.5 Å². The van der Waals surface area contributed by atoms with Gasteiger partial charge >= 0.3 is 0 Å². The van der Waals surface area contributed by atoms with E-state index in [2.05, 4.69) is 15.6 Å². The molecule has 4 aromatic rings. The number of pyridine rings is 1. The summed E-state index contributed by atoms with van der Waals surface area (Å²) in [5.41, 5.74) is 4.76. The number of amides is 2. The topological polar surface area (TPSA) is 80.3 Å². The van der Waals surface area contributed by atoms with Gasteiger partial charge in [0.15, 0.2) is 0 Å². The van der Waals surface area contributed by atoms with Crippen LogP contribution in [0, 0.1) is 0 Å². The van der Waals surface area contributed by atoms with Crippen molar-refractivity contribution in [2.24, 2.45) is 0 Å². The van der Waals surface area contributed by atoms with Crippen LogP contribution < -0.4 is 15.4 Å². The zero-order chi connectivity index (χ0) is 25.5. The van der Waals surface area contributed by atoms with Crippen molar-refractivity contribution in [2.75, 3.05) is 12.4 Å². The van der Waals surface area contributed by atoms with Crippen molar-refractivity contribution >= 4 is 29.3 Å². The van der Waals surface area contributed by atoms with Crippen LogP contribution in [0.15, 0.2) is 94.9 Å². The van der Waals surface area contributed by atoms with E-state index in [1.807, 2.05) is 74.5 Å². The van der Waals surface area contributed by atoms with Crippen molar-refractivity contribution < 1.29 is 14.3 Å². The van der Waals surface area contributed by atoms with E-state index < -0.39 is 0 Å². The number of carbonyl (C=O) groups is 2. The Bertz CT molecular complexity index is 1370. The van der Waals surface area contributed by atoms with E-state index in [1.165, 1.54) is 11.8 Å². The Balaban J connectivity index is 0.00000148. The highest BCUT2D eigenvalue weighted by Crippen LogP contribution is 2.39. The predicted octanol–water partition coefficient (Wildman–Crippen LogP) is 6.43. The number of rotatable bonds is 5. The van der Waals surface area contributed by atoms with E-state index in [4.69, 9.17) is 4.74 Å². The first kappa shape index (κ1) is 25.0. The second-order valence-corrected chi connectivity index (χ2v) is 8.82. The fourth-order valence-electron chi connectivity index (χ4n) is 3.68. The van der Waals surface area contributed by atoms with Crippen LogP contribution >= 0.6 is 11.8 Å². The molecule has 0 aliphatic carbocycles. The molecule has 0 radical (unpaired) electrons. The number of anilines is 1. The number of aromatic nitrogens is 1. The summed E-state index contributed by atoms with van der Waals surface area (Å²) < 4.78 is 5.10. The van der Waals surface area contributed by atoms with Crippen LogP contribution in [0.5, 0.6) is 5.88 Å². The van der Waals surface area contributed by atoms with Gasteiger partial charge in [0.1, 0.15) is 0 Å². The molecule has 2 N–H and O–H groups in total. The van der Waals surface area contributed by atoms with Gasteiger partial charge in [-0.15, -0.1) is 0 Å². The van der Waals surface area contributed by atoms with Crippen LogP contribution in [-0.2, 0) is 6.54 Å². The average molecular weight is 498 g/mol. The normalized spacial score (nSPS) is 11.6. The zero-order valence-corrected chi connectivity index (χ0v) is 21.2. The van der Waals surface area contributed by atoms with Gasteiger partial charge in [-0.05, 0) is 47.5 Å². The molecule has 1 aliphatic rings. The van der Waals surface area contributed by atoms with Gasteiger partial charge in [0, 0.05) is 39.7 Å². The van der Waals surface area contributed by atoms with Gasteiger partial charge in [-0.1, -0.05) is 62.0 Å². The number of ether oxygens (including phenoxy) is 1. The van der Waals surface area contributed by atoms with Crippen LogP contribution in [0.25, 0.3) is 11.1 Å². The summed E-state index contributed by atoms with van der Waals surface area (Å²) >= 11 is 1.51. The van der Waals surface area contributed by atoms with E-state index in [1.54, 1.807) is 31.5 Å². The van der Waals surface area contributed by atoms with E-state index in [9.17, 15) is 9.59 Å². The van der Waals surface area contributed by atoms with Gasteiger partial charge < -0.3 is 15.4 Å². The van der Waals surface area contributed by atoms with Gasteiger partial charge in [-0.2, -0.15) is 0 Å². The number of hydrogen-bond acceptors (Lipinski definition) is 5. The Hall–Kier alpha value is -4.10. The first-order valence-corrected chi connectivity index (χ1v) is 12.5. The van der Waals surface area contributed by atoms with Crippen molar-refractivity contribution in [3.05, 3.63) is 102 Å². The number of hydrogen-bond donors (Lipinski definition) is 2. The molecule has 0 atom stereocenters. The predicted molar refractivity (Wildman–Crippen MR) is 144 cm³/mol. The van der Waals surface area contributed by atoms with Gasteiger partial charge in [0.25, 0.3) is 11.8 Å². The van der Waals surface area contributed by atoms with Gasteiger partial charge in [-0.3, -0.25) is 9.59 Å². The molecule has 7 heteroatoms. The third kappa shape index (κ3) is 5.58. The maximum atomic E-state index is 12.8. The number of nitrogens with one attached hydrogen (secondary N) is 2. The van der Waals surface area contributed by atoms with Crippen molar-refractivity contribution in [3.8, 4) is 17.0 Å². The Morgan fingerprint density at radius 1 is 0.944 bits per heavy atom. The highest BCUT2D eigenvalue weighted by atomic mass is 32.2. The van der Waals surface area contributed by atoms with Gasteiger partial charge in [0.05, 0.1) is 18.4 Å². The Labute approximate surface area is 215 Å². The highest BCUT2D eigenvalue weighted by molar-refractivity contribution is 7.99. The number of methoxy groups -OCH3 is 1. The molecule has 6 nitrogen and oxygen atoms in total. The van der Waals surface area contributed by atoms with Crippen molar-refractivity contribution in [1.29, 1.82) is 0 Å². The van der Waals surface area contributed by atoms with Gasteiger partial charge in [0.2, 0.25) is 5.88 Å². The summed E-state index contributed by atoms with van der Waals surface area (Å²) in [6.07, 6.45) is 1.77. The number of carbonyl (C=O) groups excluding carboxylic acids is 2. The molecule has 0 bridgehead atoms. The number of benzene rings is 3. The molecule has 2 heterocycles. The molecular weight excluding hydrogens is 470 g/mol. The van der Waals surface area contributed by atoms with Crippen LogP contribution in [-0.4, -0.2) is 23.9 Å². The maximum Gasteiger partial charge on any atom is 0.256 e. The van der Waals surface area contributed by atoms with Crippen molar-refractivity contribution in [1.82, 2.24) is 10.3 Å². The maximum absolute atomic E-state index is 12.8. The lowest BCUT2D eigenvalue weighted by Crippen LogP contribution is -2.23. The SMILES string of the molecule is CC.COc1ccc(-c2ccc(CNC(=O)c3ccc4c(c3)NC(=O)c3ccccc3S4)cc2)cn1. The molecule has 5 rings (SSSR count). The molecule has 2 amide bonds. The lowest BCUT2D eigenvalue weighted by Gasteiger charge is -2.10. The van der Waals surface area contributed by atoms with E-state index in [0.29, 0.717) is 29.2 Å². The largest absolute Gasteiger partial charge is 0.481 e. The molecule has 0 saturated heterocycles. The second-order valence-electron chi connectivity index (χ2n) is 7.73. The second kappa shape index (κ2) is 11.6. The van der Waals surface area contributed by atoms with Crippen LogP contribution in [0.4, 0.5) is 5.69 Å². The molecule has 0 unspecified atom stereocenters. The smallest absolute Gasteiger partial charge is 0.256 e. The van der Waals surface area contributed by atoms with Crippen molar-refractivity contribution in [3.63, 3.8) is 0 Å². The lowest BCUT2D eigenvalue weighted by atomic mass is 10.1. The van der Waals surface area contributed by atoms with Crippen molar-refractivity contribution in [2.45, 2.75) is 30.2 Å². The Morgan fingerprint density at radius 2 is 1.69 bits per heavy atom. The molecule has 0 fully saturated rings. The molecule has 36 heavy (non-hydrogen) atoms. The molecule has 1 aromatic heterocycles. The minimum atomic E-state index is -0.202. The lowest BCUT2D eigenvalue weighted by molar-refractivity contribution is 0.0949. The average Bonchev–Trinajstić information content (AvgIpc) is 3.08. The number of fused-ring (bicyclic) bond motifs is 2. The zero-order valence-electron chi connectivity index (χ0n) is 20.4. The minimum Gasteiger partial charge on any atom is -0.481 e. The van der Waals surface area contributed by atoms with Crippen LogP contribution in [0.2, 0.25) is 0 Å². The summed E-state index contributed by atoms with van der Waals surface area (Å²) in [5, 5.41) is 5.88. The molecule has 3 aromatic carbocycles. The summed E-state index contributed by atoms with van der Waals surface area (Å²) in [7, 11) is 1.59. The summed E-state index contributed by atoms with van der Waals surface area (Å²) in [4.78, 5) is 31.4. The number of nitrogens with zero attached hydrogens (tertiary/aromatic N) is 1. The molecule has 1 aliphatic heterocycles. The van der Waals surface area contributed by atoms with Crippen LogP contribution in [0.1, 0.15) is 40.1 Å². The first-order valence-electron chi connectivity index (χ1n) is 11.7. The standard InChI is InChI=1S/C27H21N3O3S.C2H6/c1-33-25-13-11-20(16-28-25)18-8-6-17(7-9-18)15-29-26(31)19-10-12-24-22(14-19)30-27(32)21-4-2-3-5-23(21)34-24;1-2/h2-14,16H,15H2,1H3,(H,29,31)(H,30,32);1-2H3. The summed E-state index contributed by atoms with van der Waals surface area (Å²) in [6, 6.07) is 24.6. The minimum absolute atomic E-state index is 0.174. The fourth-order valence-corrected chi connectivity index (χ4v) is 4.69. The molecule has 0 saturated carbocycles. The summed E-state index contributed by atoms with van der Waals surface area (Å²) in [6.45, 7) is 4.39. The fraction of sp³-hybridized carbons (Fsp3) is 0.138. The quantitative estimate of drug-likeness (QED) is 0.332. The van der Waals surface area contributed by atoms with E-state index in [-0.39, 0.29) is 11.8 Å². The van der Waals surface area contributed by atoms with Gasteiger partial charge in [-0.25, -0.2) is 4.98 Å². The Morgan fingerprint density at radius 3 is 2.42 bits per heavy atom. The molecular formula is C29H27N3O3S. The monoisotopic (exact) mass is 497 g/mol. The molecule has 182 valence electrons. The Kier molecular flexibility index (Phi) is 8.02. The summed E-state index contributed by atoms with van der Waals surface area (Å²) in [5.74, 6) is 0.197. The van der Waals surface area contributed by atoms with E-state index >= 15 is 0 Å². The third-order valence-electron chi connectivity index (χ3n) is 5.53. The van der Waals surface area contributed by atoms with Crippen LogP contribution in [0.3, 0.4) is 0 Å². The molecule has 0 spiro atoms.